The molecule has 1 N–H and O–H groups in total. The van der Waals surface area contributed by atoms with Gasteiger partial charge in [-0.3, -0.25) is 0 Å². The van der Waals surface area contributed by atoms with E-state index in [1.54, 1.807) is 0 Å². The van der Waals surface area contributed by atoms with Gasteiger partial charge in [0.2, 0.25) is 0 Å². The first-order chi connectivity index (χ1) is 9.02. The number of nitrogens with zero attached hydrogens (tertiary/aromatic N) is 1. The van der Waals surface area contributed by atoms with Crippen LogP contribution >= 0.6 is 0 Å². The van der Waals surface area contributed by atoms with Gasteiger partial charge in [-0.2, -0.15) is 0 Å². The van der Waals surface area contributed by atoms with Crippen molar-refractivity contribution in [1.82, 2.24) is 5.32 Å². The molecule has 0 spiro atoms. The van der Waals surface area contributed by atoms with Crippen LogP contribution in [0, 0.1) is 6.92 Å². The molecule has 0 aliphatic carbocycles. The SMILES string of the molecule is Cc1cccc(C(C)C)c1N1C(C)CCNCC1C. The summed E-state index contributed by atoms with van der Waals surface area (Å²) in [5, 5.41) is 3.55. The number of hydrogen-bond donors (Lipinski definition) is 1. The highest BCUT2D eigenvalue weighted by Crippen LogP contribution is 2.34. The van der Waals surface area contributed by atoms with Crippen molar-refractivity contribution in [2.45, 2.75) is 59.0 Å². The van der Waals surface area contributed by atoms with Crippen molar-refractivity contribution in [3.8, 4) is 0 Å². The molecule has 1 heterocycles. The second-order valence-electron chi connectivity index (χ2n) is 6.27. The van der Waals surface area contributed by atoms with Crippen molar-refractivity contribution in [2.24, 2.45) is 0 Å². The number of anilines is 1. The van der Waals surface area contributed by atoms with Gasteiger partial charge < -0.3 is 10.2 Å². The first kappa shape index (κ1) is 14.4. The molecular formula is C17H28N2. The quantitative estimate of drug-likeness (QED) is 0.872. The average molecular weight is 260 g/mol. The predicted molar refractivity (Wildman–Crippen MR) is 84.2 cm³/mol. The Morgan fingerprint density at radius 3 is 2.63 bits per heavy atom. The van der Waals surface area contributed by atoms with Gasteiger partial charge in [-0.15, -0.1) is 0 Å². The summed E-state index contributed by atoms with van der Waals surface area (Å²) in [6, 6.07) is 7.89. The topological polar surface area (TPSA) is 15.3 Å². The molecule has 1 aromatic rings. The minimum Gasteiger partial charge on any atom is -0.364 e. The van der Waals surface area contributed by atoms with Gasteiger partial charge in [-0.1, -0.05) is 32.0 Å². The Labute approximate surface area is 118 Å². The van der Waals surface area contributed by atoms with Crippen molar-refractivity contribution in [3.63, 3.8) is 0 Å². The summed E-state index contributed by atoms with van der Waals surface area (Å²) < 4.78 is 0. The highest BCUT2D eigenvalue weighted by molar-refractivity contribution is 5.62. The van der Waals surface area contributed by atoms with E-state index in [4.69, 9.17) is 0 Å². The van der Waals surface area contributed by atoms with Crippen LogP contribution in [0.2, 0.25) is 0 Å². The number of para-hydroxylation sites is 1. The Kier molecular flexibility index (Phi) is 4.51. The number of aryl methyl sites for hydroxylation is 1. The Bertz CT molecular complexity index is 413. The molecule has 1 saturated heterocycles. The lowest BCUT2D eigenvalue weighted by molar-refractivity contribution is 0.570. The van der Waals surface area contributed by atoms with Crippen LogP contribution < -0.4 is 10.2 Å². The van der Waals surface area contributed by atoms with Crippen LogP contribution in [-0.2, 0) is 0 Å². The maximum atomic E-state index is 3.55. The minimum absolute atomic E-state index is 0.552. The van der Waals surface area contributed by atoms with Gasteiger partial charge in [0.25, 0.3) is 0 Å². The third kappa shape index (κ3) is 2.94. The van der Waals surface area contributed by atoms with Crippen LogP contribution in [0.15, 0.2) is 18.2 Å². The molecule has 2 atom stereocenters. The van der Waals surface area contributed by atoms with E-state index in [-0.39, 0.29) is 0 Å². The second-order valence-corrected chi connectivity index (χ2v) is 6.27. The smallest absolute Gasteiger partial charge is 0.0436 e. The maximum Gasteiger partial charge on any atom is 0.0436 e. The Morgan fingerprint density at radius 2 is 1.95 bits per heavy atom. The van der Waals surface area contributed by atoms with Gasteiger partial charge in [-0.25, -0.2) is 0 Å². The van der Waals surface area contributed by atoms with Gasteiger partial charge in [0.15, 0.2) is 0 Å². The number of benzene rings is 1. The van der Waals surface area contributed by atoms with Crippen molar-refractivity contribution >= 4 is 5.69 Å². The minimum atomic E-state index is 0.552. The fourth-order valence-corrected chi connectivity index (χ4v) is 3.23. The highest BCUT2D eigenvalue weighted by atomic mass is 15.2. The summed E-state index contributed by atoms with van der Waals surface area (Å²) in [7, 11) is 0. The zero-order valence-corrected chi connectivity index (χ0v) is 13.0. The van der Waals surface area contributed by atoms with Crippen molar-refractivity contribution in [2.75, 3.05) is 18.0 Å². The average Bonchev–Trinajstić information content (AvgIpc) is 2.51. The van der Waals surface area contributed by atoms with E-state index < -0.39 is 0 Å². The van der Waals surface area contributed by atoms with Gasteiger partial charge >= 0.3 is 0 Å². The van der Waals surface area contributed by atoms with E-state index in [1.165, 1.54) is 23.2 Å². The van der Waals surface area contributed by atoms with Crippen LogP contribution in [0.3, 0.4) is 0 Å². The zero-order valence-electron chi connectivity index (χ0n) is 13.0. The molecule has 0 bridgehead atoms. The normalized spacial score (nSPS) is 24.6. The Balaban J connectivity index is 2.48. The zero-order chi connectivity index (χ0) is 14.0. The Hall–Kier alpha value is -1.02. The van der Waals surface area contributed by atoms with Gasteiger partial charge in [0, 0.05) is 24.3 Å². The molecule has 0 amide bonds. The lowest BCUT2D eigenvalue weighted by atomic mass is 9.95. The van der Waals surface area contributed by atoms with E-state index >= 15 is 0 Å². The molecule has 1 aliphatic rings. The molecule has 19 heavy (non-hydrogen) atoms. The van der Waals surface area contributed by atoms with Crippen molar-refractivity contribution in [3.05, 3.63) is 29.3 Å². The van der Waals surface area contributed by atoms with Gasteiger partial charge in [-0.05, 0) is 50.8 Å². The lowest BCUT2D eigenvalue weighted by Gasteiger charge is -2.38. The van der Waals surface area contributed by atoms with E-state index in [2.05, 4.69) is 63.0 Å². The monoisotopic (exact) mass is 260 g/mol. The summed E-state index contributed by atoms with van der Waals surface area (Å²) in [5.41, 5.74) is 4.37. The van der Waals surface area contributed by atoms with Gasteiger partial charge in [0.05, 0.1) is 0 Å². The molecule has 2 unspecified atom stereocenters. The third-order valence-electron chi connectivity index (χ3n) is 4.28. The standard InChI is InChI=1S/C17H28N2/c1-12(2)16-8-6-7-13(3)17(16)19-14(4)9-10-18-11-15(19)5/h6-8,12,14-15,18H,9-11H2,1-5H3. The Morgan fingerprint density at radius 1 is 1.21 bits per heavy atom. The van der Waals surface area contributed by atoms with Crippen LogP contribution in [0.4, 0.5) is 5.69 Å². The molecule has 1 fully saturated rings. The number of rotatable bonds is 2. The predicted octanol–water partition coefficient (Wildman–Crippen LogP) is 3.70. The molecule has 2 rings (SSSR count). The molecule has 2 heteroatoms. The molecule has 1 aliphatic heterocycles. The van der Waals surface area contributed by atoms with Crippen molar-refractivity contribution < 1.29 is 0 Å². The number of nitrogens with one attached hydrogen (secondary N) is 1. The summed E-state index contributed by atoms with van der Waals surface area (Å²) >= 11 is 0. The van der Waals surface area contributed by atoms with E-state index in [9.17, 15) is 0 Å². The molecule has 0 aromatic heterocycles. The number of hydrogen-bond acceptors (Lipinski definition) is 2. The first-order valence-corrected chi connectivity index (χ1v) is 7.61. The van der Waals surface area contributed by atoms with E-state index in [0.717, 1.165) is 13.1 Å². The van der Waals surface area contributed by atoms with Gasteiger partial charge in [0.1, 0.15) is 0 Å². The van der Waals surface area contributed by atoms with E-state index in [1.807, 2.05) is 0 Å². The van der Waals surface area contributed by atoms with Crippen LogP contribution in [0.25, 0.3) is 0 Å². The molecule has 2 nitrogen and oxygen atoms in total. The first-order valence-electron chi connectivity index (χ1n) is 7.61. The van der Waals surface area contributed by atoms with Crippen molar-refractivity contribution in [1.29, 1.82) is 0 Å². The summed E-state index contributed by atoms with van der Waals surface area (Å²) in [4.78, 5) is 2.64. The summed E-state index contributed by atoms with van der Waals surface area (Å²) in [6.07, 6.45) is 1.22. The van der Waals surface area contributed by atoms with Crippen LogP contribution in [-0.4, -0.2) is 25.2 Å². The molecule has 0 saturated carbocycles. The molecule has 0 radical (unpaired) electrons. The molecule has 1 aromatic carbocycles. The van der Waals surface area contributed by atoms with Crippen LogP contribution in [0.5, 0.6) is 0 Å². The van der Waals surface area contributed by atoms with E-state index in [0.29, 0.717) is 18.0 Å². The second kappa shape index (κ2) is 5.96. The lowest BCUT2D eigenvalue weighted by Crippen LogP contribution is -2.43. The fourth-order valence-electron chi connectivity index (χ4n) is 3.23. The fraction of sp³-hybridized carbons (Fsp3) is 0.647. The van der Waals surface area contributed by atoms with Crippen LogP contribution in [0.1, 0.15) is 51.2 Å². The summed E-state index contributed by atoms with van der Waals surface area (Å²) in [6.45, 7) is 13.7. The highest BCUT2D eigenvalue weighted by Gasteiger charge is 2.26. The largest absolute Gasteiger partial charge is 0.364 e. The molecular weight excluding hydrogens is 232 g/mol. The summed E-state index contributed by atoms with van der Waals surface area (Å²) in [5.74, 6) is 0.575. The molecule has 106 valence electrons. The maximum absolute atomic E-state index is 3.55. The third-order valence-corrected chi connectivity index (χ3v) is 4.28.